The van der Waals surface area contributed by atoms with Gasteiger partial charge < -0.3 is 5.32 Å². The molecule has 0 spiro atoms. The van der Waals surface area contributed by atoms with Gasteiger partial charge in [-0.3, -0.25) is 0 Å². The first kappa shape index (κ1) is 7.46. The molecule has 4 heteroatoms. The van der Waals surface area contributed by atoms with Gasteiger partial charge in [-0.25, -0.2) is 15.0 Å². The van der Waals surface area contributed by atoms with Crippen LogP contribution >= 0.6 is 0 Å². The Morgan fingerprint density at radius 1 is 1.17 bits per heavy atom. The first-order valence-corrected chi connectivity index (χ1v) is 4.34. The largest absolute Gasteiger partial charge is 0.351 e. The zero-order valence-corrected chi connectivity index (χ0v) is 6.90. The van der Waals surface area contributed by atoms with Crippen LogP contribution < -0.4 is 5.32 Å². The van der Waals surface area contributed by atoms with Crippen molar-refractivity contribution >= 4 is 5.95 Å². The third-order valence-electron chi connectivity index (χ3n) is 2.18. The predicted molar refractivity (Wildman–Crippen MR) is 45.7 cm³/mol. The third kappa shape index (κ3) is 1.69. The van der Waals surface area contributed by atoms with E-state index in [0.717, 1.165) is 0 Å². The van der Waals surface area contributed by atoms with Gasteiger partial charge in [-0.15, -0.1) is 0 Å². The summed E-state index contributed by atoms with van der Waals surface area (Å²) in [6.45, 7) is 0. The molecule has 0 unspecified atom stereocenters. The van der Waals surface area contributed by atoms with Crippen LogP contribution in [0.5, 0.6) is 0 Å². The molecule has 64 valence electrons. The molecule has 0 atom stereocenters. The lowest BCUT2D eigenvalue weighted by Crippen LogP contribution is -2.16. The highest BCUT2D eigenvalue weighted by molar-refractivity contribution is 5.23. The van der Waals surface area contributed by atoms with Gasteiger partial charge in [-0.05, 0) is 12.8 Å². The van der Waals surface area contributed by atoms with Gasteiger partial charge in [0.2, 0.25) is 5.95 Å². The zero-order valence-electron chi connectivity index (χ0n) is 6.90. The van der Waals surface area contributed by atoms with E-state index in [1.54, 1.807) is 0 Å². The molecule has 1 saturated carbocycles. The maximum Gasteiger partial charge on any atom is 0.225 e. The maximum absolute atomic E-state index is 4.01. The minimum absolute atomic E-state index is 0.576. The fourth-order valence-corrected chi connectivity index (χ4v) is 1.57. The quantitative estimate of drug-likeness (QED) is 0.714. The standard InChI is InChI=1S/C8H12N4/c1-2-4-7(3-1)12-8-10-5-9-6-11-8/h5-7H,1-4H2,(H,9,10,11,12). The fraction of sp³-hybridized carbons (Fsp3) is 0.625. The van der Waals surface area contributed by atoms with E-state index in [2.05, 4.69) is 20.3 Å². The van der Waals surface area contributed by atoms with Crippen LogP contribution in [0.2, 0.25) is 0 Å². The summed E-state index contributed by atoms with van der Waals surface area (Å²) in [7, 11) is 0. The van der Waals surface area contributed by atoms with Crippen molar-refractivity contribution < 1.29 is 0 Å². The molecule has 0 bridgehead atoms. The second-order valence-corrected chi connectivity index (χ2v) is 3.09. The molecule has 1 aromatic rings. The van der Waals surface area contributed by atoms with Crippen molar-refractivity contribution in [3.05, 3.63) is 12.7 Å². The monoisotopic (exact) mass is 164 g/mol. The topological polar surface area (TPSA) is 50.7 Å². The molecule has 12 heavy (non-hydrogen) atoms. The number of nitrogens with one attached hydrogen (secondary N) is 1. The summed E-state index contributed by atoms with van der Waals surface area (Å²) in [4.78, 5) is 11.8. The minimum Gasteiger partial charge on any atom is -0.351 e. The third-order valence-corrected chi connectivity index (χ3v) is 2.18. The predicted octanol–water partition coefficient (Wildman–Crippen LogP) is 1.23. The normalized spacial score (nSPS) is 18.0. The molecule has 4 nitrogen and oxygen atoms in total. The van der Waals surface area contributed by atoms with E-state index in [1.807, 2.05) is 0 Å². The highest BCUT2D eigenvalue weighted by atomic mass is 15.1. The second-order valence-electron chi connectivity index (χ2n) is 3.09. The Kier molecular flexibility index (Phi) is 2.16. The van der Waals surface area contributed by atoms with E-state index in [4.69, 9.17) is 0 Å². The molecule has 0 saturated heterocycles. The Morgan fingerprint density at radius 3 is 2.50 bits per heavy atom. The number of aromatic nitrogens is 3. The summed E-state index contributed by atoms with van der Waals surface area (Å²) in [5, 5.41) is 3.28. The summed E-state index contributed by atoms with van der Waals surface area (Å²) in [5.74, 6) is 0.705. The van der Waals surface area contributed by atoms with Crippen LogP contribution in [0.15, 0.2) is 12.7 Å². The molecule has 0 aliphatic heterocycles. The summed E-state index contributed by atoms with van der Waals surface area (Å²) in [6, 6.07) is 0.576. The second kappa shape index (κ2) is 3.47. The van der Waals surface area contributed by atoms with E-state index in [9.17, 15) is 0 Å². The smallest absolute Gasteiger partial charge is 0.225 e. The molecule has 0 aromatic carbocycles. The summed E-state index contributed by atoms with van der Waals surface area (Å²) in [6.07, 6.45) is 8.16. The molecule has 1 aromatic heterocycles. The zero-order chi connectivity index (χ0) is 8.23. The molecular weight excluding hydrogens is 152 g/mol. The highest BCUT2D eigenvalue weighted by Crippen LogP contribution is 2.20. The number of hydrogen-bond donors (Lipinski definition) is 1. The lowest BCUT2D eigenvalue weighted by Gasteiger charge is -2.09. The van der Waals surface area contributed by atoms with Crippen LogP contribution in [-0.4, -0.2) is 21.0 Å². The van der Waals surface area contributed by atoms with E-state index in [1.165, 1.54) is 38.3 Å². The van der Waals surface area contributed by atoms with Crippen LogP contribution in [0.4, 0.5) is 5.95 Å². The maximum atomic E-state index is 4.01. The Hall–Kier alpha value is -1.19. The van der Waals surface area contributed by atoms with Crippen LogP contribution in [0.3, 0.4) is 0 Å². The van der Waals surface area contributed by atoms with Gasteiger partial charge in [0.1, 0.15) is 12.7 Å². The summed E-state index contributed by atoms with van der Waals surface area (Å²) >= 11 is 0. The first-order valence-electron chi connectivity index (χ1n) is 4.34. The van der Waals surface area contributed by atoms with Crippen molar-refractivity contribution in [2.45, 2.75) is 31.7 Å². The summed E-state index contributed by atoms with van der Waals surface area (Å²) < 4.78 is 0. The van der Waals surface area contributed by atoms with Gasteiger partial charge >= 0.3 is 0 Å². The van der Waals surface area contributed by atoms with Crippen LogP contribution in [0.1, 0.15) is 25.7 Å². The minimum atomic E-state index is 0.576. The van der Waals surface area contributed by atoms with Crippen LogP contribution in [-0.2, 0) is 0 Å². The van der Waals surface area contributed by atoms with Gasteiger partial charge in [0, 0.05) is 6.04 Å². The van der Waals surface area contributed by atoms with E-state index < -0.39 is 0 Å². The lowest BCUT2D eigenvalue weighted by atomic mass is 10.3. The highest BCUT2D eigenvalue weighted by Gasteiger charge is 2.14. The molecule has 1 aliphatic rings. The molecule has 0 amide bonds. The van der Waals surface area contributed by atoms with Crippen LogP contribution in [0.25, 0.3) is 0 Å². The van der Waals surface area contributed by atoms with Crippen LogP contribution in [0, 0.1) is 0 Å². The van der Waals surface area contributed by atoms with Crippen molar-refractivity contribution in [3.8, 4) is 0 Å². The van der Waals surface area contributed by atoms with Crippen molar-refractivity contribution in [2.24, 2.45) is 0 Å². The van der Waals surface area contributed by atoms with Crippen molar-refractivity contribution in [3.63, 3.8) is 0 Å². The van der Waals surface area contributed by atoms with Crippen molar-refractivity contribution in [1.29, 1.82) is 0 Å². The summed E-state index contributed by atoms with van der Waals surface area (Å²) in [5.41, 5.74) is 0. The van der Waals surface area contributed by atoms with Gasteiger partial charge in [0.15, 0.2) is 0 Å². The fourth-order valence-electron chi connectivity index (χ4n) is 1.57. The molecule has 1 aliphatic carbocycles. The number of rotatable bonds is 2. The SMILES string of the molecule is c1ncnc(NC2CCCC2)n1. The number of anilines is 1. The average Bonchev–Trinajstić information content (AvgIpc) is 2.59. The number of nitrogens with zero attached hydrogens (tertiary/aromatic N) is 3. The van der Waals surface area contributed by atoms with Gasteiger partial charge in [-0.2, -0.15) is 0 Å². The molecule has 1 heterocycles. The molecule has 1 fully saturated rings. The van der Waals surface area contributed by atoms with Crippen molar-refractivity contribution in [1.82, 2.24) is 15.0 Å². The van der Waals surface area contributed by atoms with Crippen molar-refractivity contribution in [2.75, 3.05) is 5.32 Å². The van der Waals surface area contributed by atoms with E-state index in [0.29, 0.717) is 12.0 Å². The average molecular weight is 164 g/mol. The Balaban J connectivity index is 1.94. The Morgan fingerprint density at radius 2 is 1.83 bits per heavy atom. The Bertz CT molecular complexity index is 230. The lowest BCUT2D eigenvalue weighted by molar-refractivity contribution is 0.742. The molecule has 0 radical (unpaired) electrons. The molecule has 1 N–H and O–H groups in total. The number of hydrogen-bond acceptors (Lipinski definition) is 4. The van der Waals surface area contributed by atoms with E-state index >= 15 is 0 Å². The molecule has 2 rings (SSSR count). The van der Waals surface area contributed by atoms with E-state index in [-0.39, 0.29) is 0 Å². The van der Waals surface area contributed by atoms with Gasteiger partial charge in [0.25, 0.3) is 0 Å². The Labute approximate surface area is 71.5 Å². The van der Waals surface area contributed by atoms with Gasteiger partial charge in [-0.1, -0.05) is 12.8 Å². The van der Waals surface area contributed by atoms with Gasteiger partial charge in [0.05, 0.1) is 0 Å². The molecular formula is C8H12N4. The first-order chi connectivity index (χ1) is 5.95.